The average molecular weight is 464 g/mol. The molecule has 0 aliphatic carbocycles. The van der Waals surface area contributed by atoms with Crippen molar-refractivity contribution in [2.75, 3.05) is 31.6 Å². The zero-order valence-electron chi connectivity index (χ0n) is 17.3. The monoisotopic (exact) mass is 463 g/mol. The summed E-state index contributed by atoms with van der Waals surface area (Å²) in [5, 5.41) is 5.60. The minimum absolute atomic E-state index is 0.00362. The lowest BCUT2D eigenvalue weighted by atomic mass is 10.2. The molecule has 2 aromatic rings. The molecule has 1 saturated heterocycles. The van der Waals surface area contributed by atoms with E-state index in [1.165, 1.54) is 16.4 Å². The van der Waals surface area contributed by atoms with E-state index in [4.69, 9.17) is 21.7 Å². The predicted molar refractivity (Wildman–Crippen MR) is 122 cm³/mol. The zero-order valence-corrected chi connectivity index (χ0v) is 19.0. The number of nitrogens with zero attached hydrogens (tertiary/aromatic N) is 1. The molecule has 0 atom stereocenters. The molecule has 166 valence electrons. The van der Waals surface area contributed by atoms with Crippen molar-refractivity contribution in [3.05, 3.63) is 54.1 Å². The molecule has 31 heavy (non-hydrogen) atoms. The number of amides is 1. The Hall–Kier alpha value is -2.53. The normalized spacial score (nSPS) is 14.8. The van der Waals surface area contributed by atoms with E-state index < -0.39 is 10.0 Å². The highest BCUT2D eigenvalue weighted by atomic mass is 32.2. The molecule has 0 bridgehead atoms. The standard InChI is InChI=1S/C21H25N3O5S2/c1-15(2)29-18-5-3-4-16(14-18)20(25)23-21(30)22-17-6-8-19(9-7-17)31(26,27)24-10-12-28-13-11-24/h3-9,14-15H,10-13H2,1-2H3,(H2,22,23,25,30). The highest BCUT2D eigenvalue weighted by Gasteiger charge is 2.26. The van der Waals surface area contributed by atoms with Crippen molar-refractivity contribution in [3.8, 4) is 5.75 Å². The van der Waals surface area contributed by atoms with E-state index in [-0.39, 0.29) is 22.0 Å². The first kappa shape index (κ1) is 23.1. The van der Waals surface area contributed by atoms with Gasteiger partial charge in [-0.05, 0) is 68.5 Å². The summed E-state index contributed by atoms with van der Waals surface area (Å²) in [5.74, 6) is 0.219. The van der Waals surface area contributed by atoms with Crippen molar-refractivity contribution in [1.29, 1.82) is 0 Å². The summed E-state index contributed by atoms with van der Waals surface area (Å²) in [5.41, 5.74) is 0.970. The number of sulfonamides is 1. The third kappa shape index (κ3) is 6.23. The van der Waals surface area contributed by atoms with Crippen LogP contribution in [0.1, 0.15) is 24.2 Å². The summed E-state index contributed by atoms with van der Waals surface area (Å²) in [6, 6.07) is 13.0. The lowest BCUT2D eigenvalue weighted by molar-refractivity contribution is 0.0730. The van der Waals surface area contributed by atoms with Crippen LogP contribution >= 0.6 is 12.2 Å². The minimum atomic E-state index is -3.56. The molecule has 1 amide bonds. The molecule has 3 rings (SSSR count). The lowest BCUT2D eigenvalue weighted by Gasteiger charge is -2.26. The van der Waals surface area contributed by atoms with Gasteiger partial charge >= 0.3 is 0 Å². The van der Waals surface area contributed by atoms with Crippen LogP contribution in [-0.2, 0) is 14.8 Å². The number of hydrogen-bond acceptors (Lipinski definition) is 6. The molecule has 10 heteroatoms. The molecule has 2 aromatic carbocycles. The molecule has 2 N–H and O–H groups in total. The van der Waals surface area contributed by atoms with Gasteiger partial charge in [-0.15, -0.1) is 0 Å². The van der Waals surface area contributed by atoms with Crippen LogP contribution in [0.15, 0.2) is 53.4 Å². The topological polar surface area (TPSA) is 97.0 Å². The number of morpholine rings is 1. The average Bonchev–Trinajstić information content (AvgIpc) is 2.74. The Morgan fingerprint density at radius 2 is 1.81 bits per heavy atom. The van der Waals surface area contributed by atoms with E-state index in [1.54, 1.807) is 36.4 Å². The Morgan fingerprint density at radius 1 is 1.13 bits per heavy atom. The van der Waals surface area contributed by atoms with E-state index in [2.05, 4.69) is 10.6 Å². The number of thiocarbonyl (C=S) groups is 1. The number of ether oxygens (including phenoxy) is 2. The molecule has 0 saturated carbocycles. The van der Waals surface area contributed by atoms with E-state index >= 15 is 0 Å². The van der Waals surface area contributed by atoms with Crippen LogP contribution in [-0.4, -0.2) is 56.1 Å². The summed E-state index contributed by atoms with van der Waals surface area (Å²) >= 11 is 5.21. The SMILES string of the molecule is CC(C)Oc1cccc(C(=O)NC(=S)Nc2ccc(S(=O)(=O)N3CCOCC3)cc2)c1. The van der Waals surface area contributed by atoms with Gasteiger partial charge in [0.2, 0.25) is 10.0 Å². The van der Waals surface area contributed by atoms with Gasteiger partial charge in [-0.3, -0.25) is 10.1 Å². The second-order valence-corrected chi connectivity index (χ2v) is 9.49. The molecule has 0 aromatic heterocycles. The predicted octanol–water partition coefficient (Wildman–Crippen LogP) is 2.62. The van der Waals surface area contributed by atoms with Gasteiger partial charge in [0.05, 0.1) is 24.2 Å². The molecule has 0 unspecified atom stereocenters. The molecule has 0 spiro atoms. The second kappa shape index (κ2) is 10.2. The van der Waals surface area contributed by atoms with Crippen molar-refractivity contribution in [1.82, 2.24) is 9.62 Å². The summed E-state index contributed by atoms with van der Waals surface area (Å²) < 4.78 is 37.6. The quantitative estimate of drug-likeness (QED) is 0.636. The third-order valence-corrected chi connectivity index (χ3v) is 6.53. The molecule has 1 aliphatic heterocycles. The maximum Gasteiger partial charge on any atom is 0.257 e. The van der Waals surface area contributed by atoms with Crippen molar-refractivity contribution in [2.24, 2.45) is 0 Å². The lowest BCUT2D eigenvalue weighted by Crippen LogP contribution is -2.40. The molecule has 1 fully saturated rings. The van der Waals surface area contributed by atoms with Gasteiger partial charge in [0.15, 0.2) is 5.11 Å². The number of carbonyl (C=O) groups is 1. The molecule has 8 nitrogen and oxygen atoms in total. The summed E-state index contributed by atoms with van der Waals surface area (Å²) in [6.07, 6.45) is -0.00362. The Bertz CT molecular complexity index is 1030. The fourth-order valence-corrected chi connectivity index (χ4v) is 4.59. The zero-order chi connectivity index (χ0) is 22.4. The number of benzene rings is 2. The Balaban J connectivity index is 1.60. The number of rotatable bonds is 6. The summed E-state index contributed by atoms with van der Waals surface area (Å²) in [6.45, 7) is 5.26. The van der Waals surface area contributed by atoms with Gasteiger partial charge in [0, 0.05) is 24.3 Å². The van der Waals surface area contributed by atoms with Crippen LogP contribution in [0, 0.1) is 0 Å². The van der Waals surface area contributed by atoms with Crippen molar-refractivity contribution < 1.29 is 22.7 Å². The van der Waals surface area contributed by atoms with Crippen LogP contribution in [0.25, 0.3) is 0 Å². The molecule has 0 radical (unpaired) electrons. The first-order valence-corrected chi connectivity index (χ1v) is 11.7. The highest BCUT2D eigenvalue weighted by molar-refractivity contribution is 7.89. The van der Waals surface area contributed by atoms with Gasteiger partial charge in [-0.2, -0.15) is 4.31 Å². The summed E-state index contributed by atoms with van der Waals surface area (Å²) in [4.78, 5) is 12.6. The van der Waals surface area contributed by atoms with Gasteiger partial charge in [0.1, 0.15) is 5.75 Å². The van der Waals surface area contributed by atoms with Crippen molar-refractivity contribution >= 4 is 38.9 Å². The fraction of sp³-hybridized carbons (Fsp3) is 0.333. The first-order valence-electron chi connectivity index (χ1n) is 9.83. The van der Waals surface area contributed by atoms with Gasteiger partial charge < -0.3 is 14.8 Å². The van der Waals surface area contributed by atoms with E-state index in [9.17, 15) is 13.2 Å². The van der Waals surface area contributed by atoms with Gasteiger partial charge in [-0.1, -0.05) is 6.07 Å². The van der Waals surface area contributed by atoms with Crippen LogP contribution in [0.4, 0.5) is 5.69 Å². The number of nitrogens with one attached hydrogen (secondary N) is 2. The largest absolute Gasteiger partial charge is 0.491 e. The Morgan fingerprint density at radius 3 is 2.45 bits per heavy atom. The number of hydrogen-bond donors (Lipinski definition) is 2. The first-order chi connectivity index (χ1) is 14.8. The Labute approximate surface area is 187 Å². The minimum Gasteiger partial charge on any atom is -0.491 e. The fourth-order valence-electron chi connectivity index (χ4n) is 2.97. The van der Waals surface area contributed by atoms with E-state index in [1.807, 2.05) is 13.8 Å². The molecule has 1 aliphatic rings. The van der Waals surface area contributed by atoms with Crippen LogP contribution in [0.2, 0.25) is 0 Å². The number of anilines is 1. The van der Waals surface area contributed by atoms with Crippen molar-refractivity contribution in [3.63, 3.8) is 0 Å². The second-order valence-electron chi connectivity index (χ2n) is 7.14. The third-order valence-electron chi connectivity index (χ3n) is 4.42. The molecular formula is C21H25N3O5S2. The molecule has 1 heterocycles. The smallest absolute Gasteiger partial charge is 0.257 e. The van der Waals surface area contributed by atoms with Crippen LogP contribution in [0.5, 0.6) is 5.75 Å². The van der Waals surface area contributed by atoms with E-state index in [0.717, 1.165) is 0 Å². The Kier molecular flexibility index (Phi) is 7.60. The van der Waals surface area contributed by atoms with Gasteiger partial charge in [0.25, 0.3) is 5.91 Å². The highest BCUT2D eigenvalue weighted by Crippen LogP contribution is 2.19. The van der Waals surface area contributed by atoms with Crippen molar-refractivity contribution in [2.45, 2.75) is 24.8 Å². The maximum atomic E-state index is 12.7. The van der Waals surface area contributed by atoms with Crippen LogP contribution in [0.3, 0.4) is 0 Å². The number of carbonyl (C=O) groups excluding carboxylic acids is 1. The maximum absolute atomic E-state index is 12.7. The van der Waals surface area contributed by atoms with E-state index in [0.29, 0.717) is 43.3 Å². The van der Waals surface area contributed by atoms with Crippen LogP contribution < -0.4 is 15.4 Å². The molecular weight excluding hydrogens is 438 g/mol. The summed E-state index contributed by atoms with van der Waals surface area (Å²) in [7, 11) is -3.56. The van der Waals surface area contributed by atoms with Gasteiger partial charge in [-0.25, -0.2) is 8.42 Å².